The standard InChI is InChI=1S/C17H25N3O3S/c21-17(15-7-8-15)18-9-4-14-24(22,23)20-12-10-19(11-13-20)16-5-2-1-3-6-16/h1-3,5-6,15H,4,7-14H2,(H,18,21). The first-order valence-corrected chi connectivity index (χ1v) is 10.2. The summed E-state index contributed by atoms with van der Waals surface area (Å²) in [6, 6.07) is 10.1. The van der Waals surface area contributed by atoms with Crippen molar-refractivity contribution in [3.63, 3.8) is 0 Å². The first-order valence-electron chi connectivity index (χ1n) is 8.62. The number of rotatable bonds is 7. The van der Waals surface area contributed by atoms with Gasteiger partial charge in [0.1, 0.15) is 0 Å². The molecular formula is C17H25N3O3S. The van der Waals surface area contributed by atoms with Gasteiger partial charge in [-0.15, -0.1) is 0 Å². The van der Waals surface area contributed by atoms with E-state index in [0.717, 1.165) is 18.5 Å². The Hall–Kier alpha value is -1.60. The maximum atomic E-state index is 12.4. The highest BCUT2D eigenvalue weighted by Gasteiger charge is 2.30. The average Bonchev–Trinajstić information content (AvgIpc) is 3.45. The van der Waals surface area contributed by atoms with Gasteiger partial charge >= 0.3 is 0 Å². The van der Waals surface area contributed by atoms with Crippen molar-refractivity contribution in [2.24, 2.45) is 5.92 Å². The second-order valence-corrected chi connectivity index (χ2v) is 8.54. The second kappa shape index (κ2) is 7.53. The van der Waals surface area contributed by atoms with E-state index < -0.39 is 10.0 Å². The zero-order chi connectivity index (χ0) is 17.0. The van der Waals surface area contributed by atoms with E-state index in [9.17, 15) is 13.2 Å². The highest BCUT2D eigenvalue weighted by molar-refractivity contribution is 7.89. The van der Waals surface area contributed by atoms with Crippen LogP contribution < -0.4 is 10.2 Å². The first kappa shape index (κ1) is 17.2. The number of piperazine rings is 1. The van der Waals surface area contributed by atoms with Gasteiger partial charge in [-0.25, -0.2) is 8.42 Å². The predicted molar refractivity (Wildman–Crippen MR) is 94.4 cm³/mol. The van der Waals surface area contributed by atoms with Gasteiger partial charge < -0.3 is 10.2 Å². The maximum absolute atomic E-state index is 12.4. The molecule has 0 unspecified atom stereocenters. The zero-order valence-electron chi connectivity index (χ0n) is 13.9. The third kappa shape index (κ3) is 4.48. The Morgan fingerprint density at radius 2 is 1.75 bits per heavy atom. The summed E-state index contributed by atoms with van der Waals surface area (Å²) in [6.45, 7) is 2.90. The van der Waals surface area contributed by atoms with Crippen molar-refractivity contribution in [3.05, 3.63) is 30.3 Å². The van der Waals surface area contributed by atoms with Crippen LogP contribution in [0.3, 0.4) is 0 Å². The monoisotopic (exact) mass is 351 g/mol. The molecule has 1 aliphatic heterocycles. The van der Waals surface area contributed by atoms with Crippen LogP contribution in [0.1, 0.15) is 19.3 Å². The van der Waals surface area contributed by atoms with Crippen molar-refractivity contribution < 1.29 is 13.2 Å². The fourth-order valence-corrected chi connectivity index (χ4v) is 4.44. The van der Waals surface area contributed by atoms with E-state index in [4.69, 9.17) is 0 Å². The second-order valence-electron chi connectivity index (χ2n) is 6.46. The summed E-state index contributed by atoms with van der Waals surface area (Å²) in [4.78, 5) is 13.7. The molecule has 1 saturated heterocycles. The number of amides is 1. The largest absolute Gasteiger partial charge is 0.369 e. The fourth-order valence-electron chi connectivity index (χ4n) is 2.95. The lowest BCUT2D eigenvalue weighted by atomic mass is 10.2. The molecule has 1 N–H and O–H groups in total. The number of nitrogens with zero attached hydrogens (tertiary/aromatic N) is 2. The van der Waals surface area contributed by atoms with Crippen molar-refractivity contribution in [2.45, 2.75) is 19.3 Å². The maximum Gasteiger partial charge on any atom is 0.223 e. The molecule has 0 atom stereocenters. The summed E-state index contributed by atoms with van der Waals surface area (Å²) < 4.78 is 26.4. The molecule has 2 aliphatic rings. The number of carbonyl (C=O) groups excluding carboxylic acids is 1. The quantitative estimate of drug-likeness (QED) is 0.746. The van der Waals surface area contributed by atoms with Gasteiger partial charge in [0.25, 0.3) is 0 Å². The van der Waals surface area contributed by atoms with E-state index in [0.29, 0.717) is 39.1 Å². The highest BCUT2D eigenvalue weighted by atomic mass is 32.2. The molecule has 3 rings (SSSR count). The molecule has 132 valence electrons. The first-order chi connectivity index (χ1) is 11.6. The third-order valence-electron chi connectivity index (χ3n) is 4.58. The molecule has 0 spiro atoms. The van der Waals surface area contributed by atoms with Gasteiger partial charge in [0.2, 0.25) is 15.9 Å². The van der Waals surface area contributed by atoms with Gasteiger partial charge in [0.15, 0.2) is 0 Å². The van der Waals surface area contributed by atoms with Crippen LogP contribution in [0, 0.1) is 5.92 Å². The van der Waals surface area contributed by atoms with E-state index in [1.165, 1.54) is 0 Å². The zero-order valence-corrected chi connectivity index (χ0v) is 14.7. The average molecular weight is 351 g/mol. The molecule has 1 aromatic carbocycles. The fraction of sp³-hybridized carbons (Fsp3) is 0.588. The van der Waals surface area contributed by atoms with Gasteiger partial charge in [-0.3, -0.25) is 4.79 Å². The summed E-state index contributed by atoms with van der Waals surface area (Å²) in [7, 11) is -3.24. The van der Waals surface area contributed by atoms with Gasteiger partial charge in [0, 0.05) is 44.3 Å². The van der Waals surface area contributed by atoms with E-state index in [-0.39, 0.29) is 17.6 Å². The van der Waals surface area contributed by atoms with Crippen molar-refractivity contribution in [1.29, 1.82) is 0 Å². The topological polar surface area (TPSA) is 69.7 Å². The molecular weight excluding hydrogens is 326 g/mol. The molecule has 24 heavy (non-hydrogen) atoms. The molecule has 1 amide bonds. The van der Waals surface area contributed by atoms with E-state index in [1.54, 1.807) is 4.31 Å². The Kier molecular flexibility index (Phi) is 5.40. The van der Waals surface area contributed by atoms with Crippen LogP contribution in [0.2, 0.25) is 0 Å². The number of hydrogen-bond acceptors (Lipinski definition) is 4. The van der Waals surface area contributed by atoms with Gasteiger partial charge in [-0.2, -0.15) is 4.31 Å². The summed E-state index contributed by atoms with van der Waals surface area (Å²) >= 11 is 0. The molecule has 0 aromatic heterocycles. The Morgan fingerprint density at radius 3 is 2.38 bits per heavy atom. The molecule has 7 heteroatoms. The summed E-state index contributed by atoms with van der Waals surface area (Å²) in [5, 5.41) is 2.82. The molecule has 1 aromatic rings. The molecule has 6 nitrogen and oxygen atoms in total. The number of nitrogens with one attached hydrogen (secondary N) is 1. The highest BCUT2D eigenvalue weighted by Crippen LogP contribution is 2.28. The van der Waals surface area contributed by atoms with Gasteiger partial charge in [-0.1, -0.05) is 18.2 Å². The third-order valence-corrected chi connectivity index (χ3v) is 6.54. The Morgan fingerprint density at radius 1 is 1.08 bits per heavy atom. The smallest absolute Gasteiger partial charge is 0.223 e. The van der Waals surface area contributed by atoms with Crippen LogP contribution >= 0.6 is 0 Å². The van der Waals surface area contributed by atoms with Gasteiger partial charge in [-0.05, 0) is 31.4 Å². The minimum absolute atomic E-state index is 0.0730. The molecule has 0 bridgehead atoms. The number of sulfonamides is 1. The summed E-state index contributed by atoms with van der Waals surface area (Å²) in [6.07, 6.45) is 2.41. The summed E-state index contributed by atoms with van der Waals surface area (Å²) in [5.41, 5.74) is 1.14. The van der Waals surface area contributed by atoms with Crippen LogP contribution in [-0.4, -0.2) is 57.1 Å². The van der Waals surface area contributed by atoms with Crippen molar-refractivity contribution in [3.8, 4) is 0 Å². The lowest BCUT2D eigenvalue weighted by Gasteiger charge is -2.35. The number of benzene rings is 1. The minimum atomic E-state index is -3.24. The van der Waals surface area contributed by atoms with Crippen molar-refractivity contribution in [2.75, 3.05) is 43.4 Å². The van der Waals surface area contributed by atoms with Crippen LogP contribution in [0.15, 0.2) is 30.3 Å². The molecule has 0 radical (unpaired) electrons. The number of para-hydroxylation sites is 1. The SMILES string of the molecule is O=C(NCCCS(=O)(=O)N1CCN(c2ccccc2)CC1)C1CC1. The molecule has 1 aliphatic carbocycles. The molecule has 1 heterocycles. The predicted octanol–water partition coefficient (Wildman–Crippen LogP) is 1.05. The van der Waals surface area contributed by atoms with E-state index in [2.05, 4.69) is 10.2 Å². The Labute approximate surface area is 143 Å². The van der Waals surface area contributed by atoms with Crippen LogP contribution in [0.4, 0.5) is 5.69 Å². The number of hydrogen-bond donors (Lipinski definition) is 1. The Balaban J connectivity index is 1.41. The summed E-state index contributed by atoms with van der Waals surface area (Å²) in [5.74, 6) is 0.347. The van der Waals surface area contributed by atoms with Crippen LogP contribution in [-0.2, 0) is 14.8 Å². The van der Waals surface area contributed by atoms with Crippen molar-refractivity contribution >= 4 is 21.6 Å². The number of anilines is 1. The lowest BCUT2D eigenvalue weighted by Crippen LogP contribution is -2.49. The van der Waals surface area contributed by atoms with Crippen LogP contribution in [0.25, 0.3) is 0 Å². The van der Waals surface area contributed by atoms with Crippen molar-refractivity contribution in [1.82, 2.24) is 9.62 Å². The normalized spacial score (nSPS) is 19.2. The molecule has 1 saturated carbocycles. The van der Waals surface area contributed by atoms with E-state index in [1.807, 2.05) is 30.3 Å². The van der Waals surface area contributed by atoms with Crippen LogP contribution in [0.5, 0.6) is 0 Å². The molecule has 2 fully saturated rings. The lowest BCUT2D eigenvalue weighted by molar-refractivity contribution is -0.122. The van der Waals surface area contributed by atoms with E-state index >= 15 is 0 Å². The minimum Gasteiger partial charge on any atom is -0.369 e. The van der Waals surface area contributed by atoms with Gasteiger partial charge in [0.05, 0.1) is 5.75 Å². The number of carbonyl (C=O) groups is 1. The Bertz CT molecular complexity index is 651.